The van der Waals surface area contributed by atoms with E-state index >= 15 is 0 Å². The molecule has 0 radical (unpaired) electrons. The topological polar surface area (TPSA) is 92.2 Å². The number of ether oxygens (including phenoxy) is 1. The molecule has 1 atom stereocenters. The summed E-state index contributed by atoms with van der Waals surface area (Å²) in [4.78, 5) is 13.0. The zero-order valence-corrected chi connectivity index (χ0v) is 15.0. The molecule has 3 rings (SSSR count). The van der Waals surface area contributed by atoms with Gasteiger partial charge in [-0.15, -0.1) is 0 Å². The molecule has 2 heterocycles. The van der Waals surface area contributed by atoms with Gasteiger partial charge in [-0.3, -0.25) is 4.98 Å². The number of nitrogens with one attached hydrogen (secondary N) is 2. The summed E-state index contributed by atoms with van der Waals surface area (Å²) < 4.78 is 28.9. The fourth-order valence-corrected chi connectivity index (χ4v) is 2.37. The van der Waals surface area contributed by atoms with E-state index in [-0.39, 0.29) is 18.4 Å². The van der Waals surface area contributed by atoms with Crippen LogP contribution in [-0.2, 0) is 0 Å². The van der Waals surface area contributed by atoms with E-state index in [1.165, 1.54) is 12.1 Å². The SMILES string of the molecule is C[C@@H](CO)Nc1nc(Nc2ccc(OC(F)F)cc2)cc(-c2cccnc2)n1. The van der Waals surface area contributed by atoms with Crippen LogP contribution in [0.1, 0.15) is 6.92 Å². The Balaban J connectivity index is 1.87. The van der Waals surface area contributed by atoms with E-state index in [1.54, 1.807) is 43.6 Å². The average molecular weight is 387 g/mol. The number of nitrogens with zero attached hydrogens (tertiary/aromatic N) is 3. The lowest BCUT2D eigenvalue weighted by molar-refractivity contribution is -0.0498. The Morgan fingerprint density at radius 2 is 1.93 bits per heavy atom. The second-order valence-electron chi connectivity index (χ2n) is 5.96. The minimum Gasteiger partial charge on any atom is -0.435 e. The molecule has 0 bridgehead atoms. The number of hydrogen-bond acceptors (Lipinski definition) is 7. The monoisotopic (exact) mass is 387 g/mol. The van der Waals surface area contributed by atoms with E-state index in [0.717, 1.165) is 5.56 Å². The molecule has 28 heavy (non-hydrogen) atoms. The third kappa shape index (κ3) is 5.34. The third-order valence-corrected chi connectivity index (χ3v) is 3.68. The van der Waals surface area contributed by atoms with E-state index in [9.17, 15) is 13.9 Å². The van der Waals surface area contributed by atoms with Crippen molar-refractivity contribution in [3.63, 3.8) is 0 Å². The first-order chi connectivity index (χ1) is 13.5. The number of alkyl halides is 2. The number of hydrogen-bond donors (Lipinski definition) is 3. The van der Waals surface area contributed by atoms with Crippen molar-refractivity contribution in [3.8, 4) is 17.0 Å². The smallest absolute Gasteiger partial charge is 0.387 e. The van der Waals surface area contributed by atoms with Crippen molar-refractivity contribution in [2.45, 2.75) is 19.6 Å². The molecule has 3 N–H and O–H groups in total. The van der Waals surface area contributed by atoms with Crippen molar-refractivity contribution >= 4 is 17.5 Å². The molecule has 9 heteroatoms. The molecular weight excluding hydrogens is 368 g/mol. The van der Waals surface area contributed by atoms with Gasteiger partial charge in [0.2, 0.25) is 5.95 Å². The van der Waals surface area contributed by atoms with Gasteiger partial charge in [-0.05, 0) is 43.3 Å². The Morgan fingerprint density at radius 1 is 1.14 bits per heavy atom. The number of anilines is 3. The molecule has 0 aliphatic rings. The highest BCUT2D eigenvalue weighted by molar-refractivity contribution is 5.67. The van der Waals surface area contributed by atoms with Crippen molar-refractivity contribution in [2.24, 2.45) is 0 Å². The summed E-state index contributed by atoms with van der Waals surface area (Å²) in [5.74, 6) is 0.894. The summed E-state index contributed by atoms with van der Waals surface area (Å²) >= 11 is 0. The summed E-state index contributed by atoms with van der Waals surface area (Å²) in [5, 5.41) is 15.4. The normalized spacial score (nSPS) is 11.9. The first-order valence-electron chi connectivity index (χ1n) is 8.52. The predicted octanol–water partition coefficient (Wildman–Crippen LogP) is 3.68. The van der Waals surface area contributed by atoms with Gasteiger partial charge in [0.05, 0.1) is 12.3 Å². The molecule has 3 aromatic rings. The van der Waals surface area contributed by atoms with Crippen LogP contribution in [0.3, 0.4) is 0 Å². The maximum atomic E-state index is 12.3. The molecule has 0 saturated heterocycles. The van der Waals surface area contributed by atoms with Gasteiger partial charge < -0.3 is 20.5 Å². The van der Waals surface area contributed by atoms with Gasteiger partial charge in [-0.1, -0.05) is 0 Å². The number of halogens is 2. The van der Waals surface area contributed by atoms with Gasteiger partial charge >= 0.3 is 6.61 Å². The zero-order valence-electron chi connectivity index (χ0n) is 15.0. The Hall–Kier alpha value is -3.33. The van der Waals surface area contributed by atoms with Crippen molar-refractivity contribution in [2.75, 3.05) is 17.2 Å². The molecule has 0 aliphatic carbocycles. The molecule has 1 aromatic carbocycles. The second kappa shape index (κ2) is 9.05. The Kier molecular flexibility index (Phi) is 6.28. The highest BCUT2D eigenvalue weighted by atomic mass is 19.3. The standard InChI is InChI=1S/C19H19F2N5O2/c1-12(11-27)23-19-25-16(13-3-2-8-22-10-13)9-17(26-19)24-14-4-6-15(7-5-14)28-18(20)21/h2-10,12,18,27H,11H2,1H3,(H2,23,24,25,26)/t12-/m0/s1. The largest absolute Gasteiger partial charge is 0.435 e. The lowest BCUT2D eigenvalue weighted by Gasteiger charge is -2.14. The highest BCUT2D eigenvalue weighted by Crippen LogP contribution is 2.25. The van der Waals surface area contributed by atoms with Gasteiger partial charge in [-0.25, -0.2) is 4.98 Å². The average Bonchev–Trinajstić information content (AvgIpc) is 2.69. The lowest BCUT2D eigenvalue weighted by atomic mass is 10.2. The fourth-order valence-electron chi connectivity index (χ4n) is 2.37. The van der Waals surface area contributed by atoms with Gasteiger partial charge in [-0.2, -0.15) is 13.8 Å². The molecule has 7 nitrogen and oxygen atoms in total. The molecular formula is C19H19F2N5O2. The van der Waals surface area contributed by atoms with Crippen LogP contribution in [-0.4, -0.2) is 39.3 Å². The minimum absolute atomic E-state index is 0.0680. The molecule has 0 fully saturated rings. The Labute approximate surface area is 160 Å². The van der Waals surface area contributed by atoms with Crippen LogP contribution in [0.25, 0.3) is 11.3 Å². The molecule has 146 valence electrons. The summed E-state index contributed by atoms with van der Waals surface area (Å²) in [6.45, 7) is -1.14. The molecule has 0 spiro atoms. The van der Waals surface area contributed by atoms with E-state index in [1.807, 2.05) is 6.07 Å². The lowest BCUT2D eigenvalue weighted by Crippen LogP contribution is -2.21. The van der Waals surface area contributed by atoms with Crippen LogP contribution in [0.4, 0.5) is 26.2 Å². The van der Waals surface area contributed by atoms with E-state index < -0.39 is 6.61 Å². The summed E-state index contributed by atoms with van der Waals surface area (Å²) in [6, 6.07) is 11.3. The van der Waals surface area contributed by atoms with Crippen LogP contribution >= 0.6 is 0 Å². The van der Waals surface area contributed by atoms with Crippen LogP contribution in [0.5, 0.6) is 5.75 Å². The van der Waals surface area contributed by atoms with Crippen LogP contribution in [0, 0.1) is 0 Å². The Morgan fingerprint density at radius 3 is 2.57 bits per heavy atom. The summed E-state index contributed by atoms with van der Waals surface area (Å²) in [7, 11) is 0. The first-order valence-corrected chi connectivity index (χ1v) is 8.52. The number of aliphatic hydroxyl groups is 1. The number of rotatable bonds is 8. The Bertz CT molecular complexity index is 895. The van der Waals surface area contributed by atoms with E-state index in [4.69, 9.17) is 0 Å². The molecule has 0 aliphatic heterocycles. The van der Waals surface area contributed by atoms with Gasteiger partial charge in [0.25, 0.3) is 0 Å². The summed E-state index contributed by atoms with van der Waals surface area (Å²) in [5.41, 5.74) is 2.07. The molecule has 0 unspecified atom stereocenters. The van der Waals surface area contributed by atoms with Crippen molar-refractivity contribution in [1.29, 1.82) is 0 Å². The predicted molar refractivity (Wildman–Crippen MR) is 102 cm³/mol. The van der Waals surface area contributed by atoms with E-state index in [0.29, 0.717) is 23.1 Å². The first kappa shape index (κ1) is 19.4. The zero-order chi connectivity index (χ0) is 19.9. The fraction of sp³-hybridized carbons (Fsp3) is 0.211. The van der Waals surface area contributed by atoms with Crippen LogP contribution < -0.4 is 15.4 Å². The van der Waals surface area contributed by atoms with Gasteiger partial charge in [0.1, 0.15) is 11.6 Å². The maximum absolute atomic E-state index is 12.3. The molecule has 0 amide bonds. The maximum Gasteiger partial charge on any atom is 0.387 e. The highest BCUT2D eigenvalue weighted by Gasteiger charge is 2.10. The van der Waals surface area contributed by atoms with Crippen molar-refractivity contribution in [3.05, 3.63) is 54.9 Å². The number of pyridine rings is 1. The molecule has 0 saturated carbocycles. The minimum atomic E-state index is -2.87. The van der Waals surface area contributed by atoms with Gasteiger partial charge in [0.15, 0.2) is 0 Å². The second-order valence-corrected chi connectivity index (χ2v) is 5.96. The van der Waals surface area contributed by atoms with Crippen molar-refractivity contribution in [1.82, 2.24) is 15.0 Å². The molecule has 2 aromatic heterocycles. The third-order valence-electron chi connectivity index (χ3n) is 3.68. The van der Waals surface area contributed by atoms with Gasteiger partial charge in [0, 0.05) is 35.8 Å². The van der Waals surface area contributed by atoms with Crippen LogP contribution in [0.2, 0.25) is 0 Å². The number of aromatic nitrogens is 3. The van der Waals surface area contributed by atoms with E-state index in [2.05, 4.69) is 30.3 Å². The quantitative estimate of drug-likeness (QED) is 0.543. The van der Waals surface area contributed by atoms with Crippen LogP contribution in [0.15, 0.2) is 54.9 Å². The van der Waals surface area contributed by atoms with Crippen molar-refractivity contribution < 1.29 is 18.6 Å². The number of aliphatic hydroxyl groups excluding tert-OH is 1. The summed E-state index contributed by atoms with van der Waals surface area (Å²) in [6.07, 6.45) is 3.35. The number of benzene rings is 1.